The van der Waals surface area contributed by atoms with Crippen molar-refractivity contribution in [3.05, 3.63) is 24.3 Å². The van der Waals surface area contributed by atoms with Crippen LogP contribution in [0.3, 0.4) is 0 Å². The molecule has 0 heterocycles. The van der Waals surface area contributed by atoms with Crippen LogP contribution in [-0.2, 0) is 9.05 Å². The first-order chi connectivity index (χ1) is 19.8. The summed E-state index contributed by atoms with van der Waals surface area (Å²) in [6.07, 6.45) is 46.1. The number of allylic oxidation sites excluding steroid dienone is 4. The average molecular weight is 583 g/mol. The van der Waals surface area contributed by atoms with E-state index in [4.69, 9.17) is 9.05 Å². The van der Waals surface area contributed by atoms with Crippen LogP contribution in [0.4, 0.5) is 0 Å². The summed E-state index contributed by atoms with van der Waals surface area (Å²) < 4.78 is 10.9. The van der Waals surface area contributed by atoms with E-state index in [1.165, 1.54) is 167 Å². The molecule has 0 fully saturated rings. The van der Waals surface area contributed by atoms with Gasteiger partial charge in [-0.15, -0.1) is 0 Å². The fourth-order valence-electron chi connectivity index (χ4n) is 5.02. The topological polar surface area (TPSA) is 38.7 Å². The Balaban J connectivity index is 3.22. The highest BCUT2D eigenvalue weighted by molar-refractivity contribution is 7.40. The zero-order chi connectivity index (χ0) is 29.0. The molecule has 0 aromatic rings. The summed E-state index contributed by atoms with van der Waals surface area (Å²) in [7, 11) is -1.68. The summed E-state index contributed by atoms with van der Waals surface area (Å²) in [4.78, 5) is 9.91. The van der Waals surface area contributed by atoms with Crippen LogP contribution in [-0.4, -0.2) is 18.1 Å². The maximum absolute atomic E-state index is 9.91. The standard InChI is InChI=1S/C36H71O3P/c1-3-5-7-9-11-13-15-17-19-21-23-25-27-29-31-33-35-38-40(37)39-36-34-32-30-28-26-24-22-20-18-16-14-12-10-8-6-4-2/h17-20,37H,3-16,21-36H2,1-2H3/b19-17+,20-18+. The van der Waals surface area contributed by atoms with Crippen molar-refractivity contribution in [2.24, 2.45) is 0 Å². The van der Waals surface area contributed by atoms with Crippen molar-refractivity contribution in [1.29, 1.82) is 0 Å². The Bertz CT molecular complexity index is 464. The minimum Gasteiger partial charge on any atom is -0.328 e. The third-order valence-corrected chi connectivity index (χ3v) is 8.52. The minimum atomic E-state index is -1.68. The molecule has 0 aromatic carbocycles. The monoisotopic (exact) mass is 583 g/mol. The molecular formula is C36H71O3P. The molecule has 0 bridgehead atoms. The van der Waals surface area contributed by atoms with Gasteiger partial charge in [0.05, 0.1) is 13.2 Å². The Labute approximate surface area is 253 Å². The number of hydrogen-bond acceptors (Lipinski definition) is 3. The van der Waals surface area contributed by atoms with Crippen LogP contribution in [0.2, 0.25) is 0 Å². The van der Waals surface area contributed by atoms with Gasteiger partial charge >= 0.3 is 8.60 Å². The Morgan fingerprint density at radius 2 is 0.625 bits per heavy atom. The van der Waals surface area contributed by atoms with Gasteiger partial charge in [0.1, 0.15) is 0 Å². The summed E-state index contributed by atoms with van der Waals surface area (Å²) in [5.41, 5.74) is 0. The van der Waals surface area contributed by atoms with Crippen LogP contribution in [0, 0.1) is 0 Å². The highest BCUT2D eigenvalue weighted by Crippen LogP contribution is 2.33. The number of hydrogen-bond donors (Lipinski definition) is 1. The van der Waals surface area contributed by atoms with Crippen LogP contribution in [0.15, 0.2) is 24.3 Å². The van der Waals surface area contributed by atoms with Crippen LogP contribution in [0.5, 0.6) is 0 Å². The third-order valence-electron chi connectivity index (χ3n) is 7.72. The molecule has 40 heavy (non-hydrogen) atoms. The molecule has 0 aromatic heterocycles. The molecule has 238 valence electrons. The fourth-order valence-corrected chi connectivity index (χ4v) is 5.67. The largest absolute Gasteiger partial charge is 0.329 e. The average Bonchev–Trinajstić information content (AvgIpc) is 2.96. The molecule has 0 spiro atoms. The molecule has 1 N–H and O–H groups in total. The first-order valence-corrected chi connectivity index (χ1v) is 19.0. The predicted molar refractivity (Wildman–Crippen MR) is 180 cm³/mol. The lowest BCUT2D eigenvalue weighted by Crippen LogP contribution is -1.95. The molecule has 0 radical (unpaired) electrons. The number of rotatable bonds is 34. The van der Waals surface area contributed by atoms with Gasteiger partial charge in [0, 0.05) is 0 Å². The van der Waals surface area contributed by atoms with E-state index in [1.807, 2.05) is 0 Å². The Morgan fingerprint density at radius 3 is 0.925 bits per heavy atom. The van der Waals surface area contributed by atoms with Gasteiger partial charge in [-0.1, -0.05) is 154 Å². The lowest BCUT2D eigenvalue weighted by atomic mass is 10.1. The number of unbranched alkanes of at least 4 members (excludes halogenated alkanes) is 24. The van der Waals surface area contributed by atoms with Crippen LogP contribution in [0.1, 0.15) is 194 Å². The predicted octanol–water partition coefficient (Wildman–Crippen LogP) is 13.3. The van der Waals surface area contributed by atoms with Gasteiger partial charge in [0.15, 0.2) is 0 Å². The maximum atomic E-state index is 9.91. The van der Waals surface area contributed by atoms with Crippen molar-refractivity contribution in [2.75, 3.05) is 13.2 Å². The van der Waals surface area contributed by atoms with E-state index in [-0.39, 0.29) is 0 Å². The fraction of sp³-hybridized carbons (Fsp3) is 0.889. The molecule has 3 nitrogen and oxygen atoms in total. The summed E-state index contributed by atoms with van der Waals surface area (Å²) in [6.45, 7) is 5.80. The van der Waals surface area contributed by atoms with Crippen molar-refractivity contribution in [3.63, 3.8) is 0 Å². The van der Waals surface area contributed by atoms with Crippen molar-refractivity contribution in [1.82, 2.24) is 0 Å². The minimum absolute atomic E-state index is 0.622. The van der Waals surface area contributed by atoms with Gasteiger partial charge in [-0.25, -0.2) is 0 Å². The van der Waals surface area contributed by atoms with E-state index >= 15 is 0 Å². The molecule has 0 rings (SSSR count). The molecule has 0 amide bonds. The SMILES string of the molecule is CCCCCCCC/C=C/CCCCCCCCOP(O)OCCCCCCCC/C=C/CCCCCCCC. The molecule has 4 heteroatoms. The van der Waals surface area contributed by atoms with E-state index < -0.39 is 8.60 Å². The smallest absolute Gasteiger partial charge is 0.328 e. The van der Waals surface area contributed by atoms with E-state index in [0.29, 0.717) is 13.2 Å². The van der Waals surface area contributed by atoms with Crippen molar-refractivity contribution in [3.8, 4) is 0 Å². The van der Waals surface area contributed by atoms with E-state index in [2.05, 4.69) is 38.2 Å². The summed E-state index contributed by atoms with van der Waals surface area (Å²) >= 11 is 0. The van der Waals surface area contributed by atoms with Crippen molar-refractivity contribution in [2.45, 2.75) is 194 Å². The van der Waals surface area contributed by atoms with Gasteiger partial charge in [-0.05, 0) is 64.2 Å². The Kier molecular flexibility index (Phi) is 36.6. The van der Waals surface area contributed by atoms with Crippen LogP contribution < -0.4 is 0 Å². The normalized spacial score (nSPS) is 12.1. The Hall–Kier alpha value is -0.210. The van der Waals surface area contributed by atoms with Crippen molar-refractivity contribution < 1.29 is 13.9 Å². The van der Waals surface area contributed by atoms with Crippen LogP contribution in [0.25, 0.3) is 0 Å². The second-order valence-corrected chi connectivity index (χ2v) is 12.8. The molecular weight excluding hydrogens is 511 g/mol. The molecule has 0 aliphatic rings. The summed E-state index contributed by atoms with van der Waals surface area (Å²) in [5.74, 6) is 0. The summed E-state index contributed by atoms with van der Waals surface area (Å²) in [5, 5.41) is 0. The van der Waals surface area contributed by atoms with E-state index in [9.17, 15) is 4.89 Å². The zero-order valence-corrected chi connectivity index (χ0v) is 28.1. The first-order valence-electron chi connectivity index (χ1n) is 17.9. The summed E-state index contributed by atoms with van der Waals surface area (Å²) in [6, 6.07) is 0. The van der Waals surface area contributed by atoms with Gasteiger partial charge in [-0.3, -0.25) is 0 Å². The quantitative estimate of drug-likeness (QED) is 0.0466. The third kappa shape index (κ3) is 35.8. The molecule has 0 unspecified atom stereocenters. The second kappa shape index (κ2) is 36.8. The van der Waals surface area contributed by atoms with Gasteiger partial charge in [0.2, 0.25) is 0 Å². The maximum Gasteiger partial charge on any atom is 0.329 e. The lowest BCUT2D eigenvalue weighted by molar-refractivity contribution is 0.193. The van der Waals surface area contributed by atoms with E-state index in [1.54, 1.807) is 0 Å². The molecule has 0 saturated heterocycles. The van der Waals surface area contributed by atoms with Crippen LogP contribution >= 0.6 is 8.60 Å². The van der Waals surface area contributed by atoms with Gasteiger partial charge in [0.25, 0.3) is 0 Å². The van der Waals surface area contributed by atoms with Gasteiger partial charge < -0.3 is 13.9 Å². The first kappa shape index (κ1) is 39.8. The van der Waals surface area contributed by atoms with Gasteiger partial charge in [-0.2, -0.15) is 0 Å². The zero-order valence-electron chi connectivity index (χ0n) is 27.2. The van der Waals surface area contributed by atoms with E-state index in [0.717, 1.165) is 12.8 Å². The molecule has 0 aliphatic heterocycles. The molecule has 0 aliphatic carbocycles. The molecule has 0 saturated carbocycles. The molecule has 0 atom stereocenters. The highest BCUT2D eigenvalue weighted by atomic mass is 31.2. The second-order valence-electron chi connectivity index (χ2n) is 11.8. The Morgan fingerprint density at radius 1 is 0.375 bits per heavy atom. The lowest BCUT2D eigenvalue weighted by Gasteiger charge is -2.10. The highest BCUT2D eigenvalue weighted by Gasteiger charge is 2.05. The van der Waals surface area contributed by atoms with Crippen molar-refractivity contribution >= 4 is 8.60 Å².